The minimum absolute atomic E-state index is 0.725. The molecule has 0 aromatic carbocycles. The molecule has 0 spiro atoms. The maximum atomic E-state index is 6.03. The minimum atomic E-state index is 0.725. The molecule has 0 saturated carbocycles. The molecular weight excluding hydrogens is 234 g/mol. The maximum absolute atomic E-state index is 6.03. The second-order valence-electron chi connectivity index (χ2n) is 5.54. The summed E-state index contributed by atoms with van der Waals surface area (Å²) in [6, 6.07) is 0. The average Bonchev–Trinajstić information content (AvgIpc) is 2.42. The molecule has 0 fully saturated rings. The summed E-state index contributed by atoms with van der Waals surface area (Å²) >= 11 is 0. The van der Waals surface area contributed by atoms with Gasteiger partial charge in [-0.3, -0.25) is 0 Å². The Morgan fingerprint density at radius 1 is 1.26 bits per heavy atom. The van der Waals surface area contributed by atoms with E-state index in [4.69, 9.17) is 4.74 Å². The normalized spacial score (nSPS) is 17.3. The molecule has 2 heteroatoms. The number of hydrogen-bond acceptors (Lipinski definition) is 2. The molecule has 1 unspecified atom stereocenters. The lowest BCUT2D eigenvalue weighted by atomic mass is 9.98. The second kappa shape index (κ2) is 9.06. The van der Waals surface area contributed by atoms with E-state index in [1.165, 1.54) is 32.1 Å². The molecule has 0 aromatic rings. The molecule has 2 nitrogen and oxygen atoms in total. The van der Waals surface area contributed by atoms with E-state index in [-0.39, 0.29) is 0 Å². The van der Waals surface area contributed by atoms with Crippen LogP contribution in [0.3, 0.4) is 0 Å². The van der Waals surface area contributed by atoms with Crippen molar-refractivity contribution in [3.05, 3.63) is 24.1 Å². The van der Waals surface area contributed by atoms with Gasteiger partial charge in [0.25, 0.3) is 0 Å². The van der Waals surface area contributed by atoms with Crippen LogP contribution in [0.1, 0.15) is 59.3 Å². The van der Waals surface area contributed by atoms with Crippen molar-refractivity contribution in [2.45, 2.75) is 59.3 Å². The van der Waals surface area contributed by atoms with Crippen molar-refractivity contribution in [3.8, 4) is 0 Å². The summed E-state index contributed by atoms with van der Waals surface area (Å²) < 4.78 is 6.03. The molecule has 19 heavy (non-hydrogen) atoms. The Bertz CT molecular complexity index is 296. The fourth-order valence-electron chi connectivity index (χ4n) is 2.65. The fourth-order valence-corrected chi connectivity index (χ4v) is 2.65. The van der Waals surface area contributed by atoms with Crippen molar-refractivity contribution in [1.29, 1.82) is 0 Å². The van der Waals surface area contributed by atoms with Gasteiger partial charge in [-0.25, -0.2) is 0 Å². The molecule has 1 rings (SSSR count). The summed E-state index contributed by atoms with van der Waals surface area (Å²) in [6.07, 6.45) is 9.60. The SMILES string of the molecule is C=C1C=C(OCC(CCC)CCCC)CCN1CC. The Kier molecular flexibility index (Phi) is 7.69. The maximum Gasteiger partial charge on any atom is 0.0997 e. The molecule has 0 aliphatic carbocycles. The predicted octanol–water partition coefficient (Wildman–Crippen LogP) is 4.73. The first-order valence-electron chi connectivity index (χ1n) is 7.98. The van der Waals surface area contributed by atoms with Crippen LogP contribution in [0.4, 0.5) is 0 Å². The third kappa shape index (κ3) is 5.71. The highest BCUT2D eigenvalue weighted by atomic mass is 16.5. The van der Waals surface area contributed by atoms with Crippen LogP contribution in [-0.4, -0.2) is 24.6 Å². The highest BCUT2D eigenvalue weighted by Gasteiger charge is 2.15. The van der Waals surface area contributed by atoms with Crippen LogP contribution in [0.25, 0.3) is 0 Å². The molecule has 110 valence electrons. The highest BCUT2D eigenvalue weighted by Crippen LogP contribution is 2.22. The van der Waals surface area contributed by atoms with Gasteiger partial charge in [0.15, 0.2) is 0 Å². The van der Waals surface area contributed by atoms with Crippen LogP contribution >= 0.6 is 0 Å². The lowest BCUT2D eigenvalue weighted by Gasteiger charge is -2.29. The molecule has 0 aromatic heterocycles. The zero-order chi connectivity index (χ0) is 14.1. The van der Waals surface area contributed by atoms with Crippen LogP contribution in [0.2, 0.25) is 0 Å². The van der Waals surface area contributed by atoms with Crippen LogP contribution in [0.5, 0.6) is 0 Å². The van der Waals surface area contributed by atoms with Crippen molar-refractivity contribution in [1.82, 2.24) is 4.90 Å². The van der Waals surface area contributed by atoms with Crippen LogP contribution in [-0.2, 0) is 4.74 Å². The van der Waals surface area contributed by atoms with Crippen LogP contribution in [0.15, 0.2) is 24.1 Å². The van der Waals surface area contributed by atoms with Crippen molar-refractivity contribution >= 4 is 0 Å². The highest BCUT2D eigenvalue weighted by molar-refractivity contribution is 5.20. The zero-order valence-corrected chi connectivity index (χ0v) is 13.1. The van der Waals surface area contributed by atoms with Gasteiger partial charge in [-0.1, -0.05) is 39.7 Å². The average molecular weight is 265 g/mol. The number of nitrogens with zero attached hydrogens (tertiary/aromatic N) is 1. The zero-order valence-electron chi connectivity index (χ0n) is 13.1. The van der Waals surface area contributed by atoms with E-state index in [1.807, 2.05) is 0 Å². The minimum Gasteiger partial charge on any atom is -0.498 e. The fraction of sp³-hybridized carbons (Fsp3) is 0.765. The van der Waals surface area contributed by atoms with Gasteiger partial charge in [-0.05, 0) is 31.8 Å². The van der Waals surface area contributed by atoms with Crippen molar-refractivity contribution < 1.29 is 4.74 Å². The third-order valence-electron chi connectivity index (χ3n) is 3.91. The summed E-state index contributed by atoms with van der Waals surface area (Å²) in [7, 11) is 0. The van der Waals surface area contributed by atoms with Crippen molar-refractivity contribution in [2.24, 2.45) is 5.92 Å². The topological polar surface area (TPSA) is 12.5 Å². The molecule has 0 N–H and O–H groups in total. The number of allylic oxidation sites excluding steroid dienone is 1. The second-order valence-corrected chi connectivity index (χ2v) is 5.54. The Morgan fingerprint density at radius 2 is 2.05 bits per heavy atom. The molecule has 1 aliphatic heterocycles. The van der Waals surface area contributed by atoms with Gasteiger partial charge in [0, 0.05) is 25.2 Å². The van der Waals surface area contributed by atoms with E-state index in [0.717, 1.165) is 43.5 Å². The monoisotopic (exact) mass is 265 g/mol. The Labute approximate surface area is 119 Å². The molecule has 1 atom stereocenters. The lowest BCUT2D eigenvalue weighted by molar-refractivity contribution is 0.136. The lowest BCUT2D eigenvalue weighted by Crippen LogP contribution is -2.27. The number of likely N-dealkylation sites (N-methyl/N-ethyl adjacent to an activating group) is 1. The number of ether oxygens (including phenoxy) is 1. The summed E-state index contributed by atoms with van der Waals surface area (Å²) in [4.78, 5) is 2.30. The largest absolute Gasteiger partial charge is 0.498 e. The molecule has 1 heterocycles. The predicted molar refractivity (Wildman–Crippen MR) is 83.0 cm³/mol. The summed E-state index contributed by atoms with van der Waals surface area (Å²) in [5, 5.41) is 0. The summed E-state index contributed by atoms with van der Waals surface area (Å²) in [5.41, 5.74) is 1.10. The van der Waals surface area contributed by atoms with E-state index >= 15 is 0 Å². The van der Waals surface area contributed by atoms with Gasteiger partial charge in [0.1, 0.15) is 0 Å². The first-order valence-corrected chi connectivity index (χ1v) is 7.98. The van der Waals surface area contributed by atoms with Gasteiger partial charge in [0.05, 0.1) is 12.4 Å². The number of hydrogen-bond donors (Lipinski definition) is 0. The van der Waals surface area contributed by atoms with E-state index in [1.54, 1.807) is 0 Å². The van der Waals surface area contributed by atoms with Gasteiger partial charge in [-0.2, -0.15) is 0 Å². The van der Waals surface area contributed by atoms with Gasteiger partial charge >= 0.3 is 0 Å². The Morgan fingerprint density at radius 3 is 2.63 bits per heavy atom. The van der Waals surface area contributed by atoms with E-state index < -0.39 is 0 Å². The van der Waals surface area contributed by atoms with E-state index in [9.17, 15) is 0 Å². The first kappa shape index (κ1) is 16.1. The number of unbranched alkanes of at least 4 members (excludes halogenated alkanes) is 1. The summed E-state index contributed by atoms with van der Waals surface area (Å²) in [6.45, 7) is 13.8. The van der Waals surface area contributed by atoms with Gasteiger partial charge < -0.3 is 9.64 Å². The molecule has 0 amide bonds. The molecule has 0 bridgehead atoms. The smallest absolute Gasteiger partial charge is 0.0997 e. The van der Waals surface area contributed by atoms with E-state index in [2.05, 4.69) is 38.3 Å². The molecule has 0 radical (unpaired) electrons. The molecule has 0 saturated heterocycles. The molecular formula is C17H31NO. The Hall–Kier alpha value is -0.920. The van der Waals surface area contributed by atoms with Crippen molar-refractivity contribution in [3.63, 3.8) is 0 Å². The first-order chi connectivity index (χ1) is 9.21. The van der Waals surface area contributed by atoms with Gasteiger partial charge in [-0.15, -0.1) is 0 Å². The third-order valence-corrected chi connectivity index (χ3v) is 3.91. The number of rotatable bonds is 9. The Balaban J connectivity index is 2.39. The van der Waals surface area contributed by atoms with Gasteiger partial charge in [0.2, 0.25) is 0 Å². The van der Waals surface area contributed by atoms with Crippen molar-refractivity contribution in [2.75, 3.05) is 19.7 Å². The quantitative estimate of drug-likeness (QED) is 0.597. The van der Waals surface area contributed by atoms with E-state index in [0.29, 0.717) is 0 Å². The standard InChI is InChI=1S/C17H31NO/c1-5-8-10-16(9-6-2)14-19-17-11-12-18(7-3)15(4)13-17/h13,16H,4-12,14H2,1-3H3. The summed E-state index contributed by atoms with van der Waals surface area (Å²) in [5.74, 6) is 1.86. The molecule has 1 aliphatic rings. The van der Waals surface area contributed by atoms with Crippen LogP contribution < -0.4 is 0 Å². The van der Waals surface area contributed by atoms with Crippen LogP contribution in [0, 0.1) is 5.92 Å².